The summed E-state index contributed by atoms with van der Waals surface area (Å²) in [5.41, 5.74) is 1.85. The zero-order valence-electron chi connectivity index (χ0n) is 19.0. The number of likely N-dealkylation sites (tertiary alicyclic amines) is 1. The summed E-state index contributed by atoms with van der Waals surface area (Å²) in [7, 11) is 0. The van der Waals surface area contributed by atoms with Gasteiger partial charge in [-0.3, -0.25) is 4.79 Å². The highest BCUT2D eigenvalue weighted by Crippen LogP contribution is 2.30. The number of piperidine rings is 1. The largest absolute Gasteiger partial charge is 0.416 e. The molecule has 1 aliphatic heterocycles. The molecule has 1 N–H and O–H groups in total. The molecule has 1 saturated heterocycles. The molecule has 178 valence electrons. The van der Waals surface area contributed by atoms with Gasteiger partial charge in [0.25, 0.3) is 5.91 Å². The van der Waals surface area contributed by atoms with E-state index in [2.05, 4.69) is 58.7 Å². The van der Waals surface area contributed by atoms with Crippen molar-refractivity contribution in [1.29, 1.82) is 0 Å². The molecule has 0 radical (unpaired) electrons. The zero-order chi connectivity index (χ0) is 24.0. The lowest BCUT2D eigenvalue weighted by Gasteiger charge is -2.33. The topological polar surface area (TPSA) is 32.3 Å². The van der Waals surface area contributed by atoms with Crippen LogP contribution in [0.4, 0.5) is 13.2 Å². The predicted molar refractivity (Wildman–Crippen MR) is 128 cm³/mol. The Labute approximate surface area is 198 Å². The van der Waals surface area contributed by atoms with Crippen LogP contribution in [0.25, 0.3) is 0 Å². The van der Waals surface area contributed by atoms with Gasteiger partial charge in [0.05, 0.1) is 5.56 Å². The maximum atomic E-state index is 12.9. The Kier molecular flexibility index (Phi) is 7.68. The molecule has 0 bridgehead atoms. The lowest BCUT2D eigenvalue weighted by Crippen LogP contribution is -2.45. The third-order valence-electron chi connectivity index (χ3n) is 6.51. The van der Waals surface area contributed by atoms with Crippen molar-refractivity contribution in [2.24, 2.45) is 0 Å². The number of carbonyl (C=O) groups excluding carboxylic acids is 1. The molecular formula is C28H29F3N2O. The number of carbonyl (C=O) groups is 1. The maximum Gasteiger partial charge on any atom is 0.416 e. The lowest BCUT2D eigenvalue weighted by molar-refractivity contribution is -0.137. The van der Waals surface area contributed by atoms with Gasteiger partial charge in [-0.05, 0) is 55.1 Å². The third-order valence-corrected chi connectivity index (χ3v) is 6.51. The molecule has 0 aromatic heterocycles. The molecule has 34 heavy (non-hydrogen) atoms. The Hall–Kier alpha value is -3.12. The normalized spacial score (nSPS) is 15.4. The summed E-state index contributed by atoms with van der Waals surface area (Å²) in [5.74, 6) is -0.126. The first-order valence-electron chi connectivity index (χ1n) is 11.7. The number of amides is 1. The number of nitrogens with zero attached hydrogens (tertiary/aromatic N) is 1. The van der Waals surface area contributed by atoms with E-state index in [0.717, 1.165) is 51.0 Å². The van der Waals surface area contributed by atoms with E-state index in [1.54, 1.807) is 0 Å². The molecule has 1 amide bonds. The average Bonchev–Trinajstić information content (AvgIpc) is 2.86. The fraction of sp³-hybridized carbons (Fsp3) is 0.321. The molecule has 6 heteroatoms. The van der Waals surface area contributed by atoms with Gasteiger partial charge in [-0.15, -0.1) is 0 Å². The highest BCUT2D eigenvalue weighted by molar-refractivity contribution is 5.94. The fourth-order valence-electron chi connectivity index (χ4n) is 4.61. The van der Waals surface area contributed by atoms with E-state index in [4.69, 9.17) is 0 Å². The van der Waals surface area contributed by atoms with E-state index in [-0.39, 0.29) is 11.6 Å². The van der Waals surface area contributed by atoms with Crippen LogP contribution in [-0.4, -0.2) is 36.5 Å². The Morgan fingerprint density at radius 3 is 2.03 bits per heavy atom. The first-order chi connectivity index (χ1) is 16.4. The fourth-order valence-corrected chi connectivity index (χ4v) is 4.61. The highest BCUT2D eigenvalue weighted by Gasteiger charge is 2.31. The molecule has 3 aromatic carbocycles. The van der Waals surface area contributed by atoms with Crippen LogP contribution in [0.5, 0.6) is 0 Å². The second-order valence-corrected chi connectivity index (χ2v) is 8.83. The molecule has 0 unspecified atom stereocenters. The highest BCUT2D eigenvalue weighted by atomic mass is 19.4. The molecule has 1 fully saturated rings. The van der Waals surface area contributed by atoms with Gasteiger partial charge in [-0.25, -0.2) is 0 Å². The van der Waals surface area contributed by atoms with Gasteiger partial charge >= 0.3 is 6.18 Å². The zero-order valence-corrected chi connectivity index (χ0v) is 19.0. The molecule has 0 atom stereocenters. The third kappa shape index (κ3) is 6.26. The number of hydrogen-bond donors (Lipinski definition) is 1. The number of rotatable bonds is 7. The van der Waals surface area contributed by atoms with Crippen LogP contribution in [0.1, 0.15) is 52.2 Å². The summed E-state index contributed by atoms with van der Waals surface area (Å²) in [4.78, 5) is 14.9. The summed E-state index contributed by atoms with van der Waals surface area (Å²) >= 11 is 0. The van der Waals surface area contributed by atoms with Gasteiger partial charge in [-0.2, -0.15) is 13.2 Å². The van der Waals surface area contributed by atoms with Crippen molar-refractivity contribution in [3.05, 3.63) is 107 Å². The van der Waals surface area contributed by atoms with E-state index in [9.17, 15) is 18.0 Å². The van der Waals surface area contributed by atoms with Gasteiger partial charge < -0.3 is 10.2 Å². The van der Waals surface area contributed by atoms with E-state index in [1.807, 2.05) is 12.1 Å². The van der Waals surface area contributed by atoms with Crippen LogP contribution in [0, 0.1) is 0 Å². The van der Waals surface area contributed by atoms with Gasteiger partial charge in [0, 0.05) is 30.6 Å². The van der Waals surface area contributed by atoms with Gasteiger partial charge in [-0.1, -0.05) is 66.7 Å². The number of benzene rings is 3. The summed E-state index contributed by atoms with van der Waals surface area (Å²) in [6, 6.07) is 25.6. The molecule has 1 heterocycles. The minimum atomic E-state index is -4.46. The van der Waals surface area contributed by atoms with E-state index in [1.165, 1.54) is 23.3 Å². The van der Waals surface area contributed by atoms with Crippen LogP contribution in [0.3, 0.4) is 0 Å². The van der Waals surface area contributed by atoms with Gasteiger partial charge in [0.1, 0.15) is 0 Å². The van der Waals surface area contributed by atoms with Crippen molar-refractivity contribution < 1.29 is 18.0 Å². The van der Waals surface area contributed by atoms with Crippen molar-refractivity contribution >= 4 is 5.91 Å². The molecule has 0 saturated carbocycles. The molecule has 4 rings (SSSR count). The van der Waals surface area contributed by atoms with Crippen LogP contribution < -0.4 is 5.32 Å². The second kappa shape index (κ2) is 10.9. The monoisotopic (exact) mass is 466 g/mol. The quantitative estimate of drug-likeness (QED) is 0.455. The van der Waals surface area contributed by atoms with E-state index < -0.39 is 17.6 Å². The summed E-state index contributed by atoms with van der Waals surface area (Å²) in [6.07, 6.45) is -1.90. The number of halogens is 3. The molecule has 3 aromatic rings. The van der Waals surface area contributed by atoms with Crippen LogP contribution in [-0.2, 0) is 6.18 Å². The van der Waals surface area contributed by atoms with Crippen LogP contribution >= 0.6 is 0 Å². The summed E-state index contributed by atoms with van der Waals surface area (Å²) in [6.45, 7) is 2.65. The maximum absolute atomic E-state index is 12.9. The minimum absolute atomic E-state index is 0.0302. The summed E-state index contributed by atoms with van der Waals surface area (Å²) in [5, 5.41) is 2.92. The van der Waals surface area contributed by atoms with Crippen molar-refractivity contribution in [2.75, 3.05) is 19.6 Å². The summed E-state index contributed by atoms with van der Waals surface area (Å²) < 4.78 is 38.8. The van der Waals surface area contributed by atoms with E-state index in [0.29, 0.717) is 5.92 Å². The molecule has 0 aliphatic carbocycles. The molecule has 3 nitrogen and oxygen atoms in total. The van der Waals surface area contributed by atoms with E-state index >= 15 is 0 Å². The Morgan fingerprint density at radius 2 is 1.47 bits per heavy atom. The molecule has 0 spiro atoms. The predicted octanol–water partition coefficient (Wildman–Crippen LogP) is 6.12. The molecule has 1 aliphatic rings. The van der Waals surface area contributed by atoms with Crippen molar-refractivity contribution in [2.45, 2.75) is 37.4 Å². The van der Waals surface area contributed by atoms with Crippen LogP contribution in [0.2, 0.25) is 0 Å². The molecular weight excluding hydrogens is 437 g/mol. The second-order valence-electron chi connectivity index (χ2n) is 8.83. The lowest BCUT2D eigenvalue weighted by atomic mass is 9.88. The van der Waals surface area contributed by atoms with Gasteiger partial charge in [0.15, 0.2) is 0 Å². The SMILES string of the molecule is O=C(NC1CCN(CCC(c2ccccc2)c2ccccc2)CC1)c1cccc(C(F)(F)F)c1. The Morgan fingerprint density at radius 1 is 0.882 bits per heavy atom. The minimum Gasteiger partial charge on any atom is -0.349 e. The van der Waals surface area contributed by atoms with Crippen molar-refractivity contribution in [1.82, 2.24) is 10.2 Å². The first kappa shape index (κ1) is 24.0. The number of nitrogens with one attached hydrogen (secondary N) is 1. The first-order valence-corrected chi connectivity index (χ1v) is 11.7. The Bertz CT molecular complexity index is 1020. The van der Waals surface area contributed by atoms with Crippen molar-refractivity contribution in [3.63, 3.8) is 0 Å². The Balaban J connectivity index is 1.30. The average molecular weight is 467 g/mol. The van der Waals surface area contributed by atoms with Crippen molar-refractivity contribution in [3.8, 4) is 0 Å². The smallest absolute Gasteiger partial charge is 0.349 e. The van der Waals surface area contributed by atoms with Crippen LogP contribution in [0.15, 0.2) is 84.9 Å². The van der Waals surface area contributed by atoms with Gasteiger partial charge in [0.2, 0.25) is 0 Å². The number of hydrogen-bond acceptors (Lipinski definition) is 2. The number of alkyl halides is 3. The standard InChI is InChI=1S/C28H29F3N2O/c29-28(30,31)24-13-7-12-23(20-24)27(34)32-25-14-17-33(18-15-25)19-16-26(21-8-3-1-4-9-21)22-10-5-2-6-11-22/h1-13,20,25-26H,14-19H2,(H,32,34).